The van der Waals surface area contributed by atoms with Gasteiger partial charge in [0.1, 0.15) is 5.60 Å². The summed E-state index contributed by atoms with van der Waals surface area (Å²) in [4.78, 5) is 21.2. The van der Waals surface area contributed by atoms with Crippen LogP contribution in [0.4, 0.5) is 4.79 Å². The van der Waals surface area contributed by atoms with Gasteiger partial charge in [0.15, 0.2) is 5.96 Å². The summed E-state index contributed by atoms with van der Waals surface area (Å²) in [6.07, 6.45) is 3.88. The standard InChI is InChI=1S/C20H39N5O4S.HI/c1-6-30(27,28)23-12-11-22-18(21-5)24-13-9-17(10-14-24)25(15-16-7-8-16)19(26)29-20(2,3)4;/h16-17,23H,6-15H2,1-5H3,(H,21,22);1H. The number of likely N-dealkylation sites (tertiary alicyclic amines) is 1. The number of nitrogens with one attached hydrogen (secondary N) is 2. The molecular weight excluding hydrogens is 533 g/mol. The largest absolute Gasteiger partial charge is 0.444 e. The molecule has 1 heterocycles. The zero-order chi connectivity index (χ0) is 22.4. The second-order valence-electron chi connectivity index (χ2n) is 9.07. The zero-order valence-electron chi connectivity index (χ0n) is 19.5. The minimum atomic E-state index is -3.18. The maximum atomic E-state index is 12.8. The maximum absolute atomic E-state index is 12.8. The first-order valence-corrected chi connectivity index (χ1v) is 12.6. The van der Waals surface area contributed by atoms with Crippen molar-refractivity contribution in [3.63, 3.8) is 0 Å². The van der Waals surface area contributed by atoms with Crippen LogP contribution in [0.2, 0.25) is 0 Å². The van der Waals surface area contributed by atoms with E-state index >= 15 is 0 Å². The quantitative estimate of drug-likeness (QED) is 0.200. The Morgan fingerprint density at radius 2 is 1.77 bits per heavy atom. The van der Waals surface area contributed by atoms with Crippen LogP contribution in [-0.2, 0) is 14.8 Å². The number of halogens is 1. The van der Waals surface area contributed by atoms with E-state index in [-0.39, 0.29) is 41.9 Å². The van der Waals surface area contributed by atoms with Crippen molar-refractivity contribution in [1.29, 1.82) is 0 Å². The fraction of sp³-hybridized carbons (Fsp3) is 0.900. The minimum absolute atomic E-state index is 0. The molecule has 182 valence electrons. The van der Waals surface area contributed by atoms with Gasteiger partial charge in [0.2, 0.25) is 10.0 Å². The van der Waals surface area contributed by atoms with E-state index < -0.39 is 15.6 Å². The number of rotatable bonds is 8. The number of guanidine groups is 1. The third kappa shape index (κ3) is 10.1. The van der Waals surface area contributed by atoms with Gasteiger partial charge < -0.3 is 19.9 Å². The van der Waals surface area contributed by atoms with Crippen LogP contribution < -0.4 is 10.0 Å². The number of sulfonamides is 1. The highest BCUT2D eigenvalue weighted by atomic mass is 127. The van der Waals surface area contributed by atoms with Gasteiger partial charge in [-0.25, -0.2) is 17.9 Å². The molecule has 0 atom stereocenters. The maximum Gasteiger partial charge on any atom is 0.410 e. The van der Waals surface area contributed by atoms with E-state index in [4.69, 9.17) is 4.74 Å². The lowest BCUT2D eigenvalue weighted by Crippen LogP contribution is -2.53. The minimum Gasteiger partial charge on any atom is -0.444 e. The second kappa shape index (κ2) is 12.4. The van der Waals surface area contributed by atoms with Gasteiger partial charge in [-0.1, -0.05) is 0 Å². The van der Waals surface area contributed by atoms with Crippen LogP contribution in [0.3, 0.4) is 0 Å². The molecule has 2 N–H and O–H groups in total. The molecule has 1 aliphatic heterocycles. The molecule has 0 aromatic carbocycles. The average Bonchev–Trinajstić information content (AvgIpc) is 3.49. The summed E-state index contributed by atoms with van der Waals surface area (Å²) in [7, 11) is -1.46. The summed E-state index contributed by atoms with van der Waals surface area (Å²) in [5.74, 6) is 1.44. The summed E-state index contributed by atoms with van der Waals surface area (Å²) in [6.45, 7) is 10.5. The number of amides is 1. The first kappa shape index (κ1) is 28.2. The van der Waals surface area contributed by atoms with Crippen LogP contribution in [0.25, 0.3) is 0 Å². The van der Waals surface area contributed by atoms with Gasteiger partial charge in [-0.15, -0.1) is 24.0 Å². The molecular formula is C20H40IN5O4S. The van der Waals surface area contributed by atoms with Crippen LogP contribution in [0, 0.1) is 5.92 Å². The highest BCUT2D eigenvalue weighted by molar-refractivity contribution is 14.0. The first-order chi connectivity index (χ1) is 14.0. The van der Waals surface area contributed by atoms with Crippen LogP contribution in [0.15, 0.2) is 4.99 Å². The number of piperidine rings is 1. The number of carbonyl (C=O) groups excluding carboxylic acids is 1. The van der Waals surface area contributed by atoms with Crippen LogP contribution >= 0.6 is 24.0 Å². The SMILES string of the molecule is CCS(=O)(=O)NCCNC(=NC)N1CCC(N(CC2CC2)C(=O)OC(C)(C)C)CC1.I. The van der Waals surface area contributed by atoms with Gasteiger partial charge in [0.05, 0.1) is 5.75 Å². The molecule has 0 aromatic rings. The Labute approximate surface area is 204 Å². The molecule has 1 aliphatic carbocycles. The van der Waals surface area contributed by atoms with E-state index in [9.17, 15) is 13.2 Å². The van der Waals surface area contributed by atoms with Crippen molar-refractivity contribution in [2.45, 2.75) is 65.0 Å². The predicted molar refractivity (Wildman–Crippen MR) is 134 cm³/mol. The number of ether oxygens (including phenoxy) is 1. The van der Waals surface area contributed by atoms with Crippen molar-refractivity contribution < 1.29 is 17.9 Å². The van der Waals surface area contributed by atoms with E-state index in [2.05, 4.69) is 19.9 Å². The normalized spacial score (nSPS) is 18.4. The van der Waals surface area contributed by atoms with Crippen LogP contribution in [0.1, 0.15) is 53.4 Å². The van der Waals surface area contributed by atoms with E-state index in [0.29, 0.717) is 19.0 Å². The fourth-order valence-corrected chi connectivity index (χ4v) is 4.09. The van der Waals surface area contributed by atoms with Gasteiger partial charge >= 0.3 is 6.09 Å². The Balaban J connectivity index is 0.00000480. The Morgan fingerprint density at radius 1 is 1.16 bits per heavy atom. The molecule has 0 bridgehead atoms. The summed E-state index contributed by atoms with van der Waals surface area (Å²) < 4.78 is 31.2. The van der Waals surface area contributed by atoms with Crippen LogP contribution in [0.5, 0.6) is 0 Å². The highest BCUT2D eigenvalue weighted by Crippen LogP contribution is 2.32. The molecule has 31 heavy (non-hydrogen) atoms. The lowest BCUT2D eigenvalue weighted by Gasteiger charge is -2.40. The number of hydrogen-bond acceptors (Lipinski definition) is 5. The van der Waals surface area contributed by atoms with Crippen molar-refractivity contribution >= 4 is 46.1 Å². The molecule has 0 radical (unpaired) electrons. The summed E-state index contributed by atoms with van der Waals surface area (Å²) >= 11 is 0. The molecule has 2 aliphatic rings. The van der Waals surface area contributed by atoms with E-state index in [1.807, 2.05) is 25.7 Å². The average molecular weight is 574 g/mol. The van der Waals surface area contributed by atoms with Crippen LogP contribution in [-0.4, -0.2) is 87.4 Å². The Kier molecular flexibility index (Phi) is 11.3. The molecule has 2 fully saturated rings. The smallest absolute Gasteiger partial charge is 0.410 e. The van der Waals surface area contributed by atoms with E-state index in [1.54, 1.807) is 14.0 Å². The van der Waals surface area contributed by atoms with Crippen molar-refractivity contribution in [2.24, 2.45) is 10.9 Å². The van der Waals surface area contributed by atoms with Gasteiger partial charge in [0.25, 0.3) is 0 Å². The molecule has 0 unspecified atom stereocenters. The molecule has 9 nitrogen and oxygen atoms in total. The van der Waals surface area contributed by atoms with Crippen molar-refractivity contribution in [3.05, 3.63) is 0 Å². The topological polar surface area (TPSA) is 103 Å². The third-order valence-corrected chi connectivity index (χ3v) is 6.71. The van der Waals surface area contributed by atoms with Gasteiger partial charge in [-0.05, 0) is 59.3 Å². The number of hydrogen-bond donors (Lipinski definition) is 2. The third-order valence-electron chi connectivity index (χ3n) is 5.31. The van der Waals surface area contributed by atoms with Gasteiger partial charge in [-0.2, -0.15) is 0 Å². The Hall–Kier alpha value is -0.820. The van der Waals surface area contributed by atoms with Gasteiger partial charge in [-0.3, -0.25) is 4.99 Å². The van der Waals surface area contributed by atoms with Crippen molar-refractivity contribution in [1.82, 2.24) is 19.8 Å². The fourth-order valence-electron chi connectivity index (χ4n) is 3.48. The first-order valence-electron chi connectivity index (χ1n) is 11.0. The van der Waals surface area contributed by atoms with Crippen molar-refractivity contribution in [2.75, 3.05) is 45.5 Å². The molecule has 2 rings (SSSR count). The summed E-state index contributed by atoms with van der Waals surface area (Å²) in [6, 6.07) is 0.172. The number of aliphatic imine (C=N–C) groups is 1. The van der Waals surface area contributed by atoms with E-state index in [1.165, 1.54) is 12.8 Å². The number of nitrogens with zero attached hydrogens (tertiary/aromatic N) is 3. The molecule has 1 saturated carbocycles. The van der Waals surface area contributed by atoms with Crippen molar-refractivity contribution in [3.8, 4) is 0 Å². The lowest BCUT2D eigenvalue weighted by molar-refractivity contribution is 0.00928. The molecule has 1 saturated heterocycles. The number of carbonyl (C=O) groups is 1. The van der Waals surface area contributed by atoms with E-state index in [0.717, 1.165) is 38.4 Å². The molecule has 1 amide bonds. The highest BCUT2D eigenvalue weighted by Gasteiger charge is 2.35. The second-order valence-corrected chi connectivity index (χ2v) is 11.2. The molecule has 0 spiro atoms. The monoisotopic (exact) mass is 573 g/mol. The lowest BCUT2D eigenvalue weighted by atomic mass is 10.0. The summed E-state index contributed by atoms with van der Waals surface area (Å²) in [5, 5.41) is 3.22. The zero-order valence-corrected chi connectivity index (χ0v) is 22.7. The Morgan fingerprint density at radius 3 is 2.26 bits per heavy atom. The van der Waals surface area contributed by atoms with Gasteiger partial charge in [0, 0.05) is 45.8 Å². The molecule has 11 heteroatoms. The Bertz CT molecular complexity index is 699. The summed E-state index contributed by atoms with van der Waals surface area (Å²) in [5.41, 5.74) is -0.495. The molecule has 0 aromatic heterocycles. The predicted octanol–water partition coefficient (Wildman–Crippen LogP) is 2.23.